The molecular weight excluding hydrogens is 188 g/mol. The molecule has 1 heterocycles. The molecule has 0 radical (unpaired) electrons. The summed E-state index contributed by atoms with van der Waals surface area (Å²) in [6, 6.07) is 4.29. The fraction of sp³-hybridized carbons (Fsp3) is 0.538. The average molecular weight is 206 g/mol. The van der Waals surface area contributed by atoms with Crippen LogP contribution in [0.15, 0.2) is 21.3 Å². The monoisotopic (exact) mass is 206 g/mol. The van der Waals surface area contributed by atoms with Crippen molar-refractivity contribution >= 4 is 11.2 Å². The van der Waals surface area contributed by atoms with Gasteiger partial charge in [0, 0.05) is 11.1 Å². The summed E-state index contributed by atoms with van der Waals surface area (Å²) in [5, 5.41) is 0. The third-order valence-electron chi connectivity index (χ3n) is 2.78. The van der Waals surface area contributed by atoms with E-state index in [0.29, 0.717) is 5.92 Å². The highest BCUT2D eigenvalue weighted by Gasteiger charge is 2.24. The van der Waals surface area contributed by atoms with Gasteiger partial charge in [0.25, 0.3) is 0 Å². The molecule has 0 unspecified atom stereocenters. The second kappa shape index (κ2) is 3.16. The molecule has 0 saturated heterocycles. The minimum absolute atomic E-state index is 0.101. The van der Waals surface area contributed by atoms with E-state index < -0.39 is 0 Å². The zero-order valence-corrected chi connectivity index (χ0v) is 10.0. The third-order valence-corrected chi connectivity index (χ3v) is 2.78. The first-order chi connectivity index (χ1) is 6.91. The van der Waals surface area contributed by atoms with Crippen molar-refractivity contribution in [3.05, 3.63) is 23.3 Å². The van der Waals surface area contributed by atoms with Crippen LogP contribution < -0.4 is 0 Å². The molecule has 0 bridgehead atoms. The van der Waals surface area contributed by atoms with E-state index in [4.69, 9.17) is 9.15 Å². The highest BCUT2D eigenvalue weighted by molar-refractivity contribution is 5.80. The molecule has 0 aliphatic heterocycles. The number of hydrogen-bond acceptors (Lipinski definition) is 2. The van der Waals surface area contributed by atoms with Crippen LogP contribution in [0.2, 0.25) is 0 Å². The first-order valence-corrected chi connectivity index (χ1v) is 5.43. The van der Waals surface area contributed by atoms with E-state index in [2.05, 4.69) is 46.8 Å². The number of hydrogen-bond donors (Lipinski definition) is 0. The summed E-state index contributed by atoms with van der Waals surface area (Å²) >= 11 is 0. The maximum atomic E-state index is 5.12. The van der Waals surface area contributed by atoms with Gasteiger partial charge >= 0.3 is 0 Å². The summed E-state index contributed by atoms with van der Waals surface area (Å²) in [7, 11) is 0. The highest BCUT2D eigenvalue weighted by atomic mass is 17.0. The van der Waals surface area contributed by atoms with Gasteiger partial charge in [0.2, 0.25) is 11.2 Å². The molecule has 0 spiro atoms. The van der Waals surface area contributed by atoms with Gasteiger partial charge < -0.3 is 0 Å². The van der Waals surface area contributed by atoms with Crippen LogP contribution in [0.3, 0.4) is 0 Å². The minimum atomic E-state index is 0.101. The van der Waals surface area contributed by atoms with Gasteiger partial charge in [-0.1, -0.05) is 46.8 Å². The Balaban J connectivity index is 2.61. The van der Waals surface area contributed by atoms with Gasteiger partial charge in [0.1, 0.15) is 0 Å². The van der Waals surface area contributed by atoms with E-state index in [0.717, 1.165) is 11.2 Å². The van der Waals surface area contributed by atoms with Gasteiger partial charge in [-0.15, -0.1) is 0 Å². The van der Waals surface area contributed by atoms with E-state index in [1.54, 1.807) is 0 Å². The molecule has 2 heteroatoms. The smallest absolute Gasteiger partial charge is 0.229 e. The van der Waals surface area contributed by atoms with Crippen LogP contribution in [-0.2, 0) is 5.41 Å². The molecule has 0 N–H and O–H groups in total. The van der Waals surface area contributed by atoms with Crippen molar-refractivity contribution in [3.8, 4) is 0 Å². The molecule has 2 aromatic rings. The lowest BCUT2D eigenvalue weighted by molar-refractivity contribution is 0.0562. The van der Waals surface area contributed by atoms with Crippen molar-refractivity contribution in [1.82, 2.24) is 0 Å². The predicted octanol–water partition coefficient (Wildman–Crippen LogP) is 4.45. The van der Waals surface area contributed by atoms with Gasteiger partial charge in [-0.2, -0.15) is 0 Å². The fourth-order valence-electron chi connectivity index (χ4n) is 1.84. The first kappa shape index (κ1) is 10.3. The van der Waals surface area contributed by atoms with Gasteiger partial charge in [-0.25, -0.2) is 0 Å². The summed E-state index contributed by atoms with van der Waals surface area (Å²) < 4.78 is 10.2. The zero-order chi connectivity index (χ0) is 11.2. The van der Waals surface area contributed by atoms with Gasteiger partial charge in [0.05, 0.1) is 0 Å². The molecule has 0 fully saturated rings. The normalized spacial score (nSPS) is 12.9. The molecule has 0 aliphatic rings. The summed E-state index contributed by atoms with van der Waals surface area (Å²) in [5.41, 5.74) is 4.40. The van der Waals surface area contributed by atoms with Crippen molar-refractivity contribution in [1.29, 1.82) is 0 Å². The van der Waals surface area contributed by atoms with Crippen molar-refractivity contribution in [2.24, 2.45) is 0 Å². The standard InChI is InChI=1S/C13H18O2/c1-8(2)9-6-7-10(13(3,4)5)12-11(9)14-15-12/h6-8H,1-5H3. The molecule has 0 saturated carbocycles. The van der Waals surface area contributed by atoms with Crippen LogP contribution in [0.1, 0.15) is 51.7 Å². The lowest BCUT2D eigenvalue weighted by Gasteiger charge is -2.21. The molecule has 0 aliphatic carbocycles. The van der Waals surface area contributed by atoms with Crippen LogP contribution in [0, 0.1) is 0 Å². The average Bonchev–Trinajstić information content (AvgIpc) is 2.03. The second-order valence-electron chi connectivity index (χ2n) is 5.43. The highest BCUT2D eigenvalue weighted by Crippen LogP contribution is 2.36. The third kappa shape index (κ3) is 1.58. The Hall–Kier alpha value is -1.18. The topological polar surface area (TPSA) is 26.3 Å². The summed E-state index contributed by atoms with van der Waals surface area (Å²) in [6.45, 7) is 10.9. The van der Waals surface area contributed by atoms with Crippen LogP contribution >= 0.6 is 0 Å². The van der Waals surface area contributed by atoms with E-state index in [1.807, 2.05) is 0 Å². The van der Waals surface area contributed by atoms with Crippen LogP contribution in [0.4, 0.5) is 0 Å². The van der Waals surface area contributed by atoms with Gasteiger partial charge in [0.15, 0.2) is 0 Å². The number of fused-ring (bicyclic) bond motifs is 1. The Labute approximate surface area is 90.2 Å². The molecule has 2 nitrogen and oxygen atoms in total. The fourth-order valence-corrected chi connectivity index (χ4v) is 1.84. The zero-order valence-electron chi connectivity index (χ0n) is 10.0. The van der Waals surface area contributed by atoms with E-state index in [1.165, 1.54) is 11.1 Å². The molecule has 0 atom stereocenters. The summed E-state index contributed by atoms with van der Waals surface area (Å²) in [5.74, 6) is 0.469. The van der Waals surface area contributed by atoms with Gasteiger partial charge in [-0.3, -0.25) is 9.15 Å². The summed E-state index contributed by atoms with van der Waals surface area (Å²) in [4.78, 5) is 0. The molecule has 1 aromatic heterocycles. The largest absolute Gasteiger partial charge is 0.285 e. The van der Waals surface area contributed by atoms with Crippen molar-refractivity contribution in [3.63, 3.8) is 0 Å². The lowest BCUT2D eigenvalue weighted by Crippen LogP contribution is -2.12. The van der Waals surface area contributed by atoms with Gasteiger partial charge in [-0.05, 0) is 11.3 Å². The molecule has 2 rings (SSSR count). The maximum absolute atomic E-state index is 5.12. The Bertz CT molecular complexity index is 466. The lowest BCUT2D eigenvalue weighted by atomic mass is 9.85. The molecular formula is C13H18O2. The Morgan fingerprint density at radius 1 is 1.00 bits per heavy atom. The maximum Gasteiger partial charge on any atom is 0.229 e. The van der Waals surface area contributed by atoms with Crippen molar-refractivity contribution in [2.45, 2.75) is 46.0 Å². The van der Waals surface area contributed by atoms with Crippen LogP contribution in [0.5, 0.6) is 0 Å². The number of rotatable bonds is 1. The predicted molar refractivity (Wildman–Crippen MR) is 61.3 cm³/mol. The molecule has 0 amide bonds. The molecule has 82 valence electrons. The van der Waals surface area contributed by atoms with E-state index >= 15 is 0 Å². The molecule has 15 heavy (non-hydrogen) atoms. The minimum Gasteiger partial charge on any atom is -0.285 e. The SMILES string of the molecule is CC(C)c1ccc(C(C)(C)C)c2ooc12. The number of benzene rings is 1. The quantitative estimate of drug-likeness (QED) is 0.644. The van der Waals surface area contributed by atoms with Crippen molar-refractivity contribution in [2.75, 3.05) is 0 Å². The van der Waals surface area contributed by atoms with E-state index in [9.17, 15) is 0 Å². The van der Waals surface area contributed by atoms with Crippen molar-refractivity contribution < 1.29 is 9.15 Å². The summed E-state index contributed by atoms with van der Waals surface area (Å²) in [6.07, 6.45) is 0. The Morgan fingerprint density at radius 3 is 2.00 bits per heavy atom. The Morgan fingerprint density at radius 2 is 1.60 bits per heavy atom. The first-order valence-electron chi connectivity index (χ1n) is 5.43. The van der Waals surface area contributed by atoms with Crippen LogP contribution in [0.25, 0.3) is 11.2 Å². The Kier molecular flexibility index (Phi) is 2.18. The second-order valence-corrected chi connectivity index (χ2v) is 5.43. The van der Waals surface area contributed by atoms with Crippen LogP contribution in [-0.4, -0.2) is 0 Å². The van der Waals surface area contributed by atoms with E-state index in [-0.39, 0.29) is 5.41 Å². The molecule has 1 aromatic carbocycles.